The maximum atomic E-state index is 3.56. The van der Waals surface area contributed by atoms with Crippen LogP contribution in [0.15, 0.2) is 24.3 Å². The van der Waals surface area contributed by atoms with E-state index in [1.165, 1.54) is 37.2 Å². The van der Waals surface area contributed by atoms with Crippen LogP contribution in [0.5, 0.6) is 0 Å². The van der Waals surface area contributed by atoms with Gasteiger partial charge in [-0.05, 0) is 24.5 Å². The molecule has 0 aromatic heterocycles. The molecule has 1 aromatic carbocycles. The minimum Gasteiger partial charge on any atom is -0.381 e. The molecule has 1 aromatic rings. The number of nitrogens with one attached hydrogen (secondary N) is 1. The Morgan fingerprint density at radius 3 is 2.61 bits per heavy atom. The molecule has 1 unspecified atom stereocenters. The fourth-order valence-corrected chi connectivity index (χ4v) is 2.85. The van der Waals surface area contributed by atoms with Gasteiger partial charge in [0.1, 0.15) is 0 Å². The third-order valence-corrected chi connectivity index (χ3v) is 4.26. The van der Waals surface area contributed by atoms with E-state index >= 15 is 0 Å². The number of hydrogen-bond acceptors (Lipinski definition) is 2. The van der Waals surface area contributed by atoms with Gasteiger partial charge in [-0.25, -0.2) is 0 Å². The Morgan fingerprint density at radius 2 is 1.94 bits per heavy atom. The molecule has 0 radical (unpaired) electrons. The van der Waals surface area contributed by atoms with Gasteiger partial charge in [-0.2, -0.15) is 0 Å². The second-order valence-corrected chi connectivity index (χ2v) is 5.30. The largest absolute Gasteiger partial charge is 0.381 e. The molecule has 0 spiro atoms. The molecule has 0 saturated carbocycles. The minimum absolute atomic E-state index is 0.639. The van der Waals surface area contributed by atoms with Gasteiger partial charge in [-0.3, -0.25) is 0 Å². The van der Waals surface area contributed by atoms with Crippen molar-refractivity contribution in [3.05, 3.63) is 24.3 Å². The third-order valence-electron chi connectivity index (χ3n) is 4.26. The van der Waals surface area contributed by atoms with E-state index in [0.717, 1.165) is 12.5 Å². The SMILES string of the molecule is CCC(CC)CN1c2ccccc2NCC1CC. The zero-order valence-electron chi connectivity index (χ0n) is 11.9. The number of benzene rings is 1. The maximum Gasteiger partial charge on any atom is 0.0605 e. The number of fused-ring (bicyclic) bond motifs is 1. The predicted octanol–water partition coefficient (Wildman–Crippen LogP) is 4.13. The fraction of sp³-hybridized carbons (Fsp3) is 0.625. The van der Waals surface area contributed by atoms with E-state index in [1.54, 1.807) is 0 Å². The predicted molar refractivity (Wildman–Crippen MR) is 80.4 cm³/mol. The molecule has 1 heterocycles. The van der Waals surface area contributed by atoms with Crippen molar-refractivity contribution in [2.45, 2.75) is 46.1 Å². The first-order chi connectivity index (χ1) is 8.80. The van der Waals surface area contributed by atoms with E-state index in [1.807, 2.05) is 0 Å². The van der Waals surface area contributed by atoms with Crippen molar-refractivity contribution in [3.63, 3.8) is 0 Å². The van der Waals surface area contributed by atoms with Gasteiger partial charge in [0, 0.05) is 19.1 Å². The number of para-hydroxylation sites is 2. The smallest absolute Gasteiger partial charge is 0.0605 e. The first-order valence-corrected chi connectivity index (χ1v) is 7.39. The lowest BCUT2D eigenvalue weighted by molar-refractivity contribution is 0.449. The molecule has 2 nitrogen and oxygen atoms in total. The molecule has 1 aliphatic heterocycles. The quantitative estimate of drug-likeness (QED) is 0.840. The van der Waals surface area contributed by atoms with Crippen LogP contribution in [-0.4, -0.2) is 19.1 Å². The Morgan fingerprint density at radius 1 is 1.22 bits per heavy atom. The highest BCUT2D eigenvalue weighted by molar-refractivity contribution is 5.72. The lowest BCUT2D eigenvalue weighted by atomic mass is 9.99. The molecule has 0 amide bonds. The van der Waals surface area contributed by atoms with Gasteiger partial charge in [0.2, 0.25) is 0 Å². The molecular formula is C16H26N2. The Bertz CT molecular complexity index is 371. The summed E-state index contributed by atoms with van der Waals surface area (Å²) in [6, 6.07) is 9.36. The summed E-state index contributed by atoms with van der Waals surface area (Å²) >= 11 is 0. The van der Waals surface area contributed by atoms with E-state index in [2.05, 4.69) is 55.3 Å². The van der Waals surface area contributed by atoms with Crippen LogP contribution in [0.1, 0.15) is 40.0 Å². The Kier molecular flexibility index (Phi) is 4.51. The van der Waals surface area contributed by atoms with Crippen LogP contribution in [0.3, 0.4) is 0 Å². The Labute approximate surface area is 111 Å². The third kappa shape index (κ3) is 2.63. The normalized spacial score (nSPS) is 18.7. The molecule has 18 heavy (non-hydrogen) atoms. The van der Waals surface area contributed by atoms with E-state index in [-0.39, 0.29) is 0 Å². The molecular weight excluding hydrogens is 220 g/mol. The van der Waals surface area contributed by atoms with Gasteiger partial charge in [-0.15, -0.1) is 0 Å². The summed E-state index contributed by atoms with van der Waals surface area (Å²) in [6.07, 6.45) is 3.76. The monoisotopic (exact) mass is 246 g/mol. The van der Waals surface area contributed by atoms with E-state index in [9.17, 15) is 0 Å². The molecule has 0 saturated heterocycles. The first kappa shape index (κ1) is 13.3. The first-order valence-electron chi connectivity index (χ1n) is 7.39. The molecule has 1 N–H and O–H groups in total. The summed E-state index contributed by atoms with van der Waals surface area (Å²) in [4.78, 5) is 2.63. The van der Waals surface area contributed by atoms with Gasteiger partial charge in [0.25, 0.3) is 0 Å². The van der Waals surface area contributed by atoms with Gasteiger partial charge in [0.15, 0.2) is 0 Å². The summed E-state index contributed by atoms with van der Waals surface area (Å²) in [7, 11) is 0. The fourth-order valence-electron chi connectivity index (χ4n) is 2.85. The molecule has 2 heteroatoms. The van der Waals surface area contributed by atoms with Crippen molar-refractivity contribution >= 4 is 11.4 Å². The summed E-state index contributed by atoms with van der Waals surface area (Å²) < 4.78 is 0. The van der Waals surface area contributed by atoms with Crippen molar-refractivity contribution in [2.24, 2.45) is 5.92 Å². The zero-order valence-corrected chi connectivity index (χ0v) is 11.9. The molecule has 0 aliphatic carbocycles. The number of hydrogen-bond donors (Lipinski definition) is 1. The highest BCUT2D eigenvalue weighted by Crippen LogP contribution is 2.33. The van der Waals surface area contributed by atoms with Crippen LogP contribution >= 0.6 is 0 Å². The summed E-state index contributed by atoms with van der Waals surface area (Å²) in [5.41, 5.74) is 2.69. The van der Waals surface area contributed by atoms with Crippen LogP contribution in [0.25, 0.3) is 0 Å². The Balaban J connectivity index is 2.23. The average Bonchev–Trinajstić information content (AvgIpc) is 2.44. The van der Waals surface area contributed by atoms with Crippen LogP contribution in [0.2, 0.25) is 0 Å². The van der Waals surface area contributed by atoms with Gasteiger partial charge in [0.05, 0.1) is 11.4 Å². The highest BCUT2D eigenvalue weighted by atomic mass is 15.2. The zero-order chi connectivity index (χ0) is 13.0. The van der Waals surface area contributed by atoms with Crippen LogP contribution in [0.4, 0.5) is 11.4 Å². The maximum absolute atomic E-state index is 3.56. The summed E-state index contributed by atoms with van der Waals surface area (Å²) in [5, 5.41) is 3.56. The van der Waals surface area contributed by atoms with Crippen molar-refractivity contribution in [1.82, 2.24) is 0 Å². The van der Waals surface area contributed by atoms with Crippen molar-refractivity contribution < 1.29 is 0 Å². The molecule has 0 bridgehead atoms. The molecule has 0 fully saturated rings. The van der Waals surface area contributed by atoms with Crippen LogP contribution in [-0.2, 0) is 0 Å². The second-order valence-electron chi connectivity index (χ2n) is 5.30. The van der Waals surface area contributed by atoms with E-state index < -0.39 is 0 Å². The van der Waals surface area contributed by atoms with Crippen molar-refractivity contribution in [2.75, 3.05) is 23.3 Å². The number of nitrogens with zero attached hydrogens (tertiary/aromatic N) is 1. The molecule has 1 atom stereocenters. The topological polar surface area (TPSA) is 15.3 Å². The van der Waals surface area contributed by atoms with Crippen LogP contribution in [0, 0.1) is 5.92 Å². The highest BCUT2D eigenvalue weighted by Gasteiger charge is 2.25. The van der Waals surface area contributed by atoms with E-state index in [4.69, 9.17) is 0 Å². The average molecular weight is 246 g/mol. The second kappa shape index (κ2) is 6.12. The molecule has 2 rings (SSSR count). The van der Waals surface area contributed by atoms with E-state index in [0.29, 0.717) is 6.04 Å². The lowest BCUT2D eigenvalue weighted by Crippen LogP contribution is -2.45. The van der Waals surface area contributed by atoms with Crippen molar-refractivity contribution in [1.29, 1.82) is 0 Å². The van der Waals surface area contributed by atoms with Gasteiger partial charge in [-0.1, -0.05) is 45.7 Å². The summed E-state index contributed by atoms with van der Waals surface area (Å²) in [5.74, 6) is 0.810. The summed E-state index contributed by atoms with van der Waals surface area (Å²) in [6.45, 7) is 9.19. The molecule has 100 valence electrons. The Hall–Kier alpha value is -1.18. The standard InChI is InChI=1S/C16H26N2/c1-4-13(5-2)12-18-14(6-3)11-17-15-9-7-8-10-16(15)18/h7-10,13-14,17H,4-6,11-12H2,1-3H3. The van der Waals surface area contributed by atoms with Gasteiger partial charge < -0.3 is 10.2 Å². The number of anilines is 2. The number of rotatable bonds is 5. The van der Waals surface area contributed by atoms with Crippen molar-refractivity contribution in [3.8, 4) is 0 Å². The molecule has 1 aliphatic rings. The van der Waals surface area contributed by atoms with Crippen LogP contribution < -0.4 is 10.2 Å². The van der Waals surface area contributed by atoms with Gasteiger partial charge >= 0.3 is 0 Å². The lowest BCUT2D eigenvalue weighted by Gasteiger charge is -2.41. The minimum atomic E-state index is 0.639.